The summed E-state index contributed by atoms with van der Waals surface area (Å²) in [5, 5.41) is 9.78. The monoisotopic (exact) mass is 373 g/mol. The van der Waals surface area contributed by atoms with Gasteiger partial charge >= 0.3 is 0 Å². The minimum Gasteiger partial charge on any atom is -0.508 e. The van der Waals surface area contributed by atoms with Crippen LogP contribution < -0.4 is 0 Å². The Morgan fingerprint density at radius 2 is 1.82 bits per heavy atom. The van der Waals surface area contributed by atoms with Gasteiger partial charge in [0.1, 0.15) is 11.3 Å². The quantitative estimate of drug-likeness (QED) is 0.756. The number of phenolic OH excluding ortho intramolecular Hbond substituents is 1. The van der Waals surface area contributed by atoms with Gasteiger partial charge in [0.15, 0.2) is 0 Å². The first-order valence-electron chi connectivity index (χ1n) is 9.79. The lowest BCUT2D eigenvalue weighted by atomic mass is 9.73. The SMILES string of the molecule is C=CC1=C(/C=C\C)C2(c3ccc(O)cc3)c3ccccc3CC1N2C=O.CC. The van der Waals surface area contributed by atoms with Gasteiger partial charge in [0.2, 0.25) is 6.41 Å². The standard InChI is InChI=1S/C23H21NO2.C2H6/c1-3-7-21-19(4-2)22-14-16-8-5-6-9-20(16)23(21,24(22)15-25)17-10-12-18(26)13-11-17;1-2/h3-13,15,22,26H,2,14H2,1H3;1-2H3/b7-3-;. The summed E-state index contributed by atoms with van der Waals surface area (Å²) in [7, 11) is 0. The average molecular weight is 373 g/mol. The van der Waals surface area contributed by atoms with Crippen LogP contribution in [-0.4, -0.2) is 22.5 Å². The maximum Gasteiger partial charge on any atom is 0.211 e. The van der Waals surface area contributed by atoms with E-state index in [-0.39, 0.29) is 11.8 Å². The molecule has 2 bridgehead atoms. The number of rotatable bonds is 4. The zero-order valence-corrected chi connectivity index (χ0v) is 16.7. The van der Waals surface area contributed by atoms with E-state index in [0.29, 0.717) is 0 Å². The van der Waals surface area contributed by atoms with Crippen LogP contribution in [0.4, 0.5) is 0 Å². The zero-order chi connectivity index (χ0) is 20.3. The number of fused-ring (bicyclic) bond motifs is 4. The van der Waals surface area contributed by atoms with Crippen molar-refractivity contribution in [2.75, 3.05) is 0 Å². The Balaban J connectivity index is 0.00000109. The van der Waals surface area contributed by atoms with E-state index in [4.69, 9.17) is 0 Å². The molecule has 2 aliphatic rings. The highest BCUT2D eigenvalue weighted by Crippen LogP contribution is 2.55. The number of benzene rings is 2. The molecule has 0 aliphatic carbocycles. The largest absolute Gasteiger partial charge is 0.508 e. The van der Waals surface area contributed by atoms with Gasteiger partial charge in [0.25, 0.3) is 0 Å². The Morgan fingerprint density at radius 3 is 2.43 bits per heavy atom. The first kappa shape index (κ1) is 19.7. The Hall–Kier alpha value is -3.07. The number of carbonyl (C=O) groups excluding carboxylic acids is 1. The van der Waals surface area contributed by atoms with E-state index in [1.54, 1.807) is 12.1 Å². The first-order valence-corrected chi connectivity index (χ1v) is 9.79. The smallest absolute Gasteiger partial charge is 0.211 e. The summed E-state index contributed by atoms with van der Waals surface area (Å²) in [6.45, 7) is 10.0. The van der Waals surface area contributed by atoms with Crippen LogP contribution in [0.5, 0.6) is 5.75 Å². The number of nitrogens with zero attached hydrogens (tertiary/aromatic N) is 1. The molecule has 2 heterocycles. The molecular weight excluding hydrogens is 346 g/mol. The molecule has 0 saturated carbocycles. The molecular formula is C25H27NO2. The van der Waals surface area contributed by atoms with Crippen molar-refractivity contribution in [3.8, 4) is 5.75 Å². The highest BCUT2D eigenvalue weighted by molar-refractivity contribution is 5.71. The molecule has 0 spiro atoms. The lowest BCUT2D eigenvalue weighted by molar-refractivity contribution is -0.123. The normalized spacial score (nSPS) is 22.5. The van der Waals surface area contributed by atoms with Crippen LogP contribution >= 0.6 is 0 Å². The number of hydrogen-bond acceptors (Lipinski definition) is 2. The summed E-state index contributed by atoms with van der Waals surface area (Å²) in [4.78, 5) is 14.2. The number of phenols is 1. The molecule has 2 atom stereocenters. The predicted molar refractivity (Wildman–Crippen MR) is 114 cm³/mol. The van der Waals surface area contributed by atoms with E-state index in [1.807, 2.05) is 62.1 Å². The highest BCUT2D eigenvalue weighted by Gasteiger charge is 2.55. The molecule has 2 aromatic carbocycles. The lowest BCUT2D eigenvalue weighted by Gasteiger charge is -2.46. The third kappa shape index (κ3) is 2.62. The second-order valence-corrected chi connectivity index (χ2v) is 6.72. The number of amides is 1. The van der Waals surface area contributed by atoms with Crippen LogP contribution in [-0.2, 0) is 16.8 Å². The van der Waals surface area contributed by atoms with Crippen molar-refractivity contribution < 1.29 is 9.90 Å². The molecule has 1 N–H and O–H groups in total. The van der Waals surface area contributed by atoms with E-state index in [0.717, 1.165) is 35.1 Å². The third-order valence-electron chi connectivity index (χ3n) is 5.56. The van der Waals surface area contributed by atoms with Gasteiger partial charge in [-0.3, -0.25) is 4.79 Å². The fraction of sp³-hybridized carbons (Fsp3) is 0.240. The minimum absolute atomic E-state index is 0.0418. The summed E-state index contributed by atoms with van der Waals surface area (Å²) in [5.74, 6) is 0.210. The Kier molecular flexibility index (Phi) is 5.55. The van der Waals surface area contributed by atoms with Crippen molar-refractivity contribution in [3.05, 3.63) is 101 Å². The second-order valence-electron chi connectivity index (χ2n) is 6.72. The van der Waals surface area contributed by atoms with Crippen molar-refractivity contribution in [1.29, 1.82) is 0 Å². The van der Waals surface area contributed by atoms with Gasteiger partial charge in [-0.05, 0) is 53.3 Å². The Bertz CT molecular complexity index is 939. The molecule has 2 aromatic rings. The summed E-state index contributed by atoms with van der Waals surface area (Å²) >= 11 is 0. The fourth-order valence-electron chi connectivity index (χ4n) is 4.61. The number of allylic oxidation sites excluding steroid dienone is 1. The van der Waals surface area contributed by atoms with Crippen molar-refractivity contribution in [2.24, 2.45) is 0 Å². The summed E-state index contributed by atoms with van der Waals surface area (Å²) in [6, 6.07) is 15.4. The van der Waals surface area contributed by atoms with Crippen molar-refractivity contribution >= 4 is 6.41 Å². The molecule has 0 saturated heterocycles. The van der Waals surface area contributed by atoms with Crippen LogP contribution in [0.25, 0.3) is 0 Å². The van der Waals surface area contributed by atoms with Gasteiger partial charge in [-0.15, -0.1) is 0 Å². The van der Waals surface area contributed by atoms with E-state index in [2.05, 4.69) is 24.8 Å². The van der Waals surface area contributed by atoms with E-state index in [9.17, 15) is 9.90 Å². The van der Waals surface area contributed by atoms with Gasteiger partial charge in [-0.25, -0.2) is 0 Å². The maximum absolute atomic E-state index is 12.3. The summed E-state index contributed by atoms with van der Waals surface area (Å²) < 4.78 is 0. The van der Waals surface area contributed by atoms with Crippen LogP contribution in [0.1, 0.15) is 37.5 Å². The molecule has 1 amide bonds. The number of hydrogen-bond donors (Lipinski definition) is 1. The van der Waals surface area contributed by atoms with Gasteiger partial charge < -0.3 is 10.0 Å². The van der Waals surface area contributed by atoms with E-state index in [1.165, 1.54) is 5.56 Å². The molecule has 2 aliphatic heterocycles. The van der Waals surface area contributed by atoms with Crippen LogP contribution in [0.15, 0.2) is 84.5 Å². The van der Waals surface area contributed by atoms with Crippen molar-refractivity contribution in [2.45, 2.75) is 38.8 Å². The maximum atomic E-state index is 12.3. The van der Waals surface area contributed by atoms with Crippen LogP contribution in [0.2, 0.25) is 0 Å². The highest BCUT2D eigenvalue weighted by atomic mass is 16.3. The van der Waals surface area contributed by atoms with Gasteiger partial charge in [0.05, 0.1) is 6.04 Å². The molecule has 2 unspecified atom stereocenters. The molecule has 0 fully saturated rings. The number of aromatic hydroxyl groups is 1. The average Bonchev–Trinajstić information content (AvgIpc) is 2.93. The third-order valence-corrected chi connectivity index (χ3v) is 5.56. The van der Waals surface area contributed by atoms with Gasteiger partial charge in [0, 0.05) is 0 Å². The molecule has 4 rings (SSSR count). The fourth-order valence-corrected chi connectivity index (χ4v) is 4.61. The summed E-state index contributed by atoms with van der Waals surface area (Å²) in [5.41, 5.74) is 4.76. The Morgan fingerprint density at radius 1 is 1.14 bits per heavy atom. The number of carbonyl (C=O) groups is 1. The van der Waals surface area contributed by atoms with E-state index < -0.39 is 5.54 Å². The minimum atomic E-state index is -0.703. The van der Waals surface area contributed by atoms with Crippen LogP contribution in [0, 0.1) is 0 Å². The van der Waals surface area contributed by atoms with Crippen molar-refractivity contribution in [1.82, 2.24) is 4.90 Å². The summed E-state index contributed by atoms with van der Waals surface area (Å²) in [6.07, 6.45) is 7.70. The Labute approximate surface area is 167 Å². The zero-order valence-electron chi connectivity index (χ0n) is 16.7. The molecule has 144 valence electrons. The predicted octanol–water partition coefficient (Wildman–Crippen LogP) is 5.12. The topological polar surface area (TPSA) is 40.5 Å². The molecule has 3 nitrogen and oxygen atoms in total. The lowest BCUT2D eigenvalue weighted by Crippen LogP contribution is -2.51. The van der Waals surface area contributed by atoms with Crippen molar-refractivity contribution in [3.63, 3.8) is 0 Å². The molecule has 3 heteroatoms. The molecule has 0 radical (unpaired) electrons. The van der Waals surface area contributed by atoms with Crippen LogP contribution in [0.3, 0.4) is 0 Å². The van der Waals surface area contributed by atoms with Gasteiger partial charge in [-0.1, -0.05) is 75.1 Å². The molecule has 0 aromatic heterocycles. The van der Waals surface area contributed by atoms with E-state index >= 15 is 0 Å². The molecule has 28 heavy (non-hydrogen) atoms. The second kappa shape index (κ2) is 7.89. The van der Waals surface area contributed by atoms with Gasteiger partial charge in [-0.2, -0.15) is 0 Å². The first-order chi connectivity index (χ1) is 13.7.